The molecule has 1 aliphatic carbocycles. The fourth-order valence-electron chi connectivity index (χ4n) is 3.99. The molecule has 0 bridgehead atoms. The fourth-order valence-corrected chi connectivity index (χ4v) is 4.45. The molecular weight excluding hydrogens is 407 g/mol. The molecule has 1 aromatic rings. The van der Waals surface area contributed by atoms with Crippen molar-refractivity contribution in [3.63, 3.8) is 0 Å². The third kappa shape index (κ3) is 8.21. The standard InChI is InChI=1S/C24H32ClFO4/c25-22-16-23(28)21(20(22)8-3-1-2-4-9-24(29)30)11-10-19(27)15-18-7-5-6-17(14-18)12-13-26/h1,3,5-7,10-11,14,19-23,27-28H,2,4,8-9,12-13,15-16H2,(H,29,30)/t19-,20+,21+,22+,23+/m0/s1. The first-order valence-electron chi connectivity index (χ1n) is 10.6. The number of aliphatic hydroxyl groups is 2. The maximum absolute atomic E-state index is 12.5. The van der Waals surface area contributed by atoms with Crippen LogP contribution in [0.25, 0.3) is 0 Å². The van der Waals surface area contributed by atoms with Gasteiger partial charge in [-0.15, -0.1) is 11.6 Å². The quantitative estimate of drug-likeness (QED) is 0.256. The highest BCUT2D eigenvalue weighted by Gasteiger charge is 2.39. The van der Waals surface area contributed by atoms with E-state index in [1.807, 2.05) is 42.5 Å². The Morgan fingerprint density at radius 2 is 2.07 bits per heavy atom. The molecule has 1 aliphatic rings. The van der Waals surface area contributed by atoms with Crippen LogP contribution < -0.4 is 0 Å². The first-order valence-corrected chi connectivity index (χ1v) is 11.0. The van der Waals surface area contributed by atoms with E-state index in [2.05, 4.69) is 0 Å². The molecule has 30 heavy (non-hydrogen) atoms. The van der Waals surface area contributed by atoms with E-state index in [0.717, 1.165) is 11.1 Å². The number of hydrogen-bond acceptors (Lipinski definition) is 3. The zero-order valence-electron chi connectivity index (χ0n) is 17.2. The molecule has 3 N–H and O–H groups in total. The smallest absolute Gasteiger partial charge is 0.303 e. The van der Waals surface area contributed by atoms with Crippen molar-refractivity contribution in [1.29, 1.82) is 0 Å². The van der Waals surface area contributed by atoms with Crippen molar-refractivity contribution in [3.05, 3.63) is 59.7 Å². The monoisotopic (exact) mass is 438 g/mol. The number of rotatable bonds is 12. The predicted octanol–water partition coefficient (Wildman–Crippen LogP) is 4.46. The average Bonchev–Trinajstić information content (AvgIpc) is 2.95. The van der Waals surface area contributed by atoms with Gasteiger partial charge in [0, 0.05) is 30.6 Å². The van der Waals surface area contributed by atoms with E-state index in [9.17, 15) is 19.4 Å². The number of hydrogen-bond donors (Lipinski definition) is 3. The molecule has 0 radical (unpaired) electrons. The van der Waals surface area contributed by atoms with Crippen molar-refractivity contribution in [2.24, 2.45) is 11.8 Å². The SMILES string of the molecule is O=C(O)CCCC=CC[C@@H]1[C@@H](C=C[C@H](O)Cc2cccc(CCF)c2)[C@H](O)C[C@H]1Cl. The number of carbonyl (C=O) groups is 1. The van der Waals surface area contributed by atoms with Crippen LogP contribution in [-0.4, -0.2) is 45.5 Å². The Bertz CT molecular complexity index is 721. The lowest BCUT2D eigenvalue weighted by molar-refractivity contribution is -0.137. The number of aliphatic carboxylic acids is 1. The van der Waals surface area contributed by atoms with Crippen LogP contribution in [0.15, 0.2) is 48.6 Å². The van der Waals surface area contributed by atoms with Gasteiger partial charge in [0.1, 0.15) is 0 Å². The highest BCUT2D eigenvalue weighted by molar-refractivity contribution is 6.21. The van der Waals surface area contributed by atoms with Crippen LogP contribution >= 0.6 is 11.6 Å². The minimum absolute atomic E-state index is 0.0636. The van der Waals surface area contributed by atoms with Crippen LogP contribution in [0.3, 0.4) is 0 Å². The first kappa shape index (κ1) is 24.6. The molecule has 166 valence electrons. The summed E-state index contributed by atoms with van der Waals surface area (Å²) in [5, 5.41) is 29.3. The number of alkyl halides is 2. The van der Waals surface area contributed by atoms with Gasteiger partial charge in [-0.25, -0.2) is 0 Å². The maximum atomic E-state index is 12.5. The number of aliphatic hydroxyl groups excluding tert-OH is 2. The van der Waals surface area contributed by atoms with Gasteiger partial charge < -0.3 is 15.3 Å². The lowest BCUT2D eigenvalue weighted by atomic mass is 9.90. The van der Waals surface area contributed by atoms with Crippen LogP contribution in [0, 0.1) is 11.8 Å². The Balaban J connectivity index is 1.89. The van der Waals surface area contributed by atoms with Gasteiger partial charge in [-0.1, -0.05) is 48.6 Å². The van der Waals surface area contributed by atoms with Gasteiger partial charge in [-0.2, -0.15) is 0 Å². The Kier molecular flexibility index (Phi) is 10.6. The number of unbranched alkanes of at least 4 members (excludes halogenated alkanes) is 1. The van der Waals surface area contributed by atoms with Gasteiger partial charge in [0.15, 0.2) is 0 Å². The van der Waals surface area contributed by atoms with Crippen molar-refractivity contribution < 1.29 is 24.5 Å². The third-order valence-electron chi connectivity index (χ3n) is 5.58. The number of benzene rings is 1. The minimum Gasteiger partial charge on any atom is -0.481 e. The van der Waals surface area contributed by atoms with Gasteiger partial charge in [0.25, 0.3) is 0 Å². The second-order valence-corrected chi connectivity index (χ2v) is 8.53. The molecule has 0 aromatic heterocycles. The van der Waals surface area contributed by atoms with Gasteiger partial charge in [0.05, 0.1) is 18.9 Å². The molecule has 0 saturated heterocycles. The van der Waals surface area contributed by atoms with Crippen molar-refractivity contribution in [2.75, 3.05) is 6.67 Å². The zero-order valence-corrected chi connectivity index (χ0v) is 17.9. The Morgan fingerprint density at radius 1 is 1.30 bits per heavy atom. The molecule has 1 aromatic carbocycles. The molecule has 0 spiro atoms. The van der Waals surface area contributed by atoms with Crippen molar-refractivity contribution in [1.82, 2.24) is 0 Å². The molecule has 1 saturated carbocycles. The molecule has 0 unspecified atom stereocenters. The van der Waals surface area contributed by atoms with Crippen LogP contribution in [0.2, 0.25) is 0 Å². The zero-order chi connectivity index (χ0) is 21.9. The minimum atomic E-state index is -0.791. The van der Waals surface area contributed by atoms with Gasteiger partial charge in [-0.3, -0.25) is 9.18 Å². The summed E-state index contributed by atoms with van der Waals surface area (Å²) in [5.41, 5.74) is 1.86. The van der Waals surface area contributed by atoms with E-state index >= 15 is 0 Å². The Labute approximate surface area is 183 Å². The molecular formula is C24H32ClFO4. The summed E-state index contributed by atoms with van der Waals surface area (Å²) in [4.78, 5) is 10.5. The summed E-state index contributed by atoms with van der Waals surface area (Å²) in [6.07, 6.45) is 9.79. The van der Waals surface area contributed by atoms with Crippen LogP contribution in [-0.2, 0) is 17.6 Å². The molecule has 0 aliphatic heterocycles. The third-order valence-corrected chi connectivity index (χ3v) is 6.08. The lowest BCUT2D eigenvalue weighted by Gasteiger charge is -2.19. The largest absolute Gasteiger partial charge is 0.481 e. The van der Waals surface area contributed by atoms with Crippen molar-refractivity contribution in [3.8, 4) is 0 Å². The molecule has 1 fully saturated rings. The van der Waals surface area contributed by atoms with Crippen LogP contribution in [0.5, 0.6) is 0 Å². The number of aryl methyl sites for hydroxylation is 1. The van der Waals surface area contributed by atoms with Crippen LogP contribution in [0.1, 0.15) is 43.2 Å². The Morgan fingerprint density at radius 3 is 2.80 bits per heavy atom. The normalized spacial score (nSPS) is 25.3. The van der Waals surface area contributed by atoms with Gasteiger partial charge in [-0.05, 0) is 42.7 Å². The fraction of sp³-hybridized carbons (Fsp3) is 0.542. The number of carboxylic acid groups (broad SMARTS) is 1. The van der Waals surface area contributed by atoms with Gasteiger partial charge in [0.2, 0.25) is 0 Å². The highest BCUT2D eigenvalue weighted by Crippen LogP contribution is 2.39. The van der Waals surface area contributed by atoms with Crippen LogP contribution in [0.4, 0.5) is 4.39 Å². The molecule has 0 amide bonds. The molecule has 4 nitrogen and oxygen atoms in total. The van der Waals surface area contributed by atoms with Gasteiger partial charge >= 0.3 is 5.97 Å². The maximum Gasteiger partial charge on any atom is 0.303 e. The van der Waals surface area contributed by atoms with E-state index in [-0.39, 0.29) is 23.6 Å². The number of carboxylic acids is 1. The summed E-state index contributed by atoms with van der Waals surface area (Å²) in [6.45, 7) is -0.402. The highest BCUT2D eigenvalue weighted by atomic mass is 35.5. The summed E-state index contributed by atoms with van der Waals surface area (Å²) in [5.74, 6) is -0.863. The van der Waals surface area contributed by atoms with E-state index < -0.39 is 24.9 Å². The van der Waals surface area contributed by atoms with E-state index in [0.29, 0.717) is 38.5 Å². The number of allylic oxidation sites excluding steroid dienone is 2. The van der Waals surface area contributed by atoms with E-state index in [4.69, 9.17) is 16.7 Å². The molecule has 2 rings (SSSR count). The lowest BCUT2D eigenvalue weighted by Crippen LogP contribution is -2.19. The molecule has 0 heterocycles. The average molecular weight is 439 g/mol. The molecule has 6 heteroatoms. The predicted molar refractivity (Wildman–Crippen MR) is 117 cm³/mol. The molecule has 5 atom stereocenters. The number of halogens is 2. The van der Waals surface area contributed by atoms with Crippen molar-refractivity contribution >= 4 is 17.6 Å². The summed E-state index contributed by atoms with van der Waals surface area (Å²) < 4.78 is 12.5. The summed E-state index contributed by atoms with van der Waals surface area (Å²) in [7, 11) is 0. The summed E-state index contributed by atoms with van der Waals surface area (Å²) in [6, 6.07) is 7.57. The topological polar surface area (TPSA) is 77.8 Å². The second-order valence-electron chi connectivity index (χ2n) is 7.97. The van der Waals surface area contributed by atoms with E-state index in [1.54, 1.807) is 6.08 Å². The van der Waals surface area contributed by atoms with Crippen molar-refractivity contribution in [2.45, 2.75) is 62.5 Å². The van der Waals surface area contributed by atoms with E-state index in [1.165, 1.54) is 0 Å². The summed E-state index contributed by atoms with van der Waals surface area (Å²) >= 11 is 6.44. The second kappa shape index (κ2) is 12.9. The Hall–Kier alpha value is -1.69. The first-order chi connectivity index (χ1) is 14.4.